The van der Waals surface area contributed by atoms with E-state index in [1.807, 2.05) is 48.7 Å². The lowest BCUT2D eigenvalue weighted by molar-refractivity contribution is 0.669. The van der Waals surface area contributed by atoms with Crippen LogP contribution in [0.15, 0.2) is 180 Å². The summed E-state index contributed by atoms with van der Waals surface area (Å²) >= 11 is 0. The molecule has 0 bridgehead atoms. The molecular weight excluding hydrogens is 623 g/mol. The second-order valence-corrected chi connectivity index (χ2v) is 12.9. The molecule has 0 radical (unpaired) electrons. The predicted octanol–water partition coefficient (Wildman–Crippen LogP) is 12.4. The zero-order valence-corrected chi connectivity index (χ0v) is 27.5. The van der Waals surface area contributed by atoms with E-state index in [4.69, 9.17) is 14.4 Å². The Kier molecular flexibility index (Phi) is 6.78. The Bertz CT molecular complexity index is 2920. The van der Waals surface area contributed by atoms with Crippen molar-refractivity contribution in [2.75, 3.05) is 0 Å². The number of pyridine rings is 1. The van der Waals surface area contributed by atoms with Crippen LogP contribution in [0.2, 0.25) is 0 Å². The summed E-state index contributed by atoms with van der Waals surface area (Å²) in [4.78, 5) is 15.0. The predicted molar refractivity (Wildman–Crippen MR) is 209 cm³/mol. The van der Waals surface area contributed by atoms with Crippen LogP contribution in [0.4, 0.5) is 0 Å². The van der Waals surface area contributed by atoms with Crippen LogP contribution < -0.4 is 0 Å². The largest absolute Gasteiger partial charge is 0.456 e. The van der Waals surface area contributed by atoms with Gasteiger partial charge in [0.25, 0.3) is 0 Å². The first-order chi connectivity index (χ1) is 25.2. The van der Waals surface area contributed by atoms with Crippen molar-refractivity contribution in [3.63, 3.8) is 0 Å². The monoisotopic (exact) mass is 651 g/mol. The second-order valence-electron chi connectivity index (χ2n) is 12.9. The SMILES string of the molecule is c1ccc(-c2nc(-c3cc(-c4ccc5ccccc5c4)cc(-c4cccc5ncccc45)c3)cc(-c3ccc4c(c3)oc3ccccc34)n2)cc1. The van der Waals surface area contributed by atoms with Gasteiger partial charge < -0.3 is 4.42 Å². The van der Waals surface area contributed by atoms with Crippen LogP contribution in [-0.4, -0.2) is 15.0 Å². The lowest BCUT2D eigenvalue weighted by atomic mass is 9.92. The first kappa shape index (κ1) is 29.0. The molecule has 0 atom stereocenters. The van der Waals surface area contributed by atoms with Gasteiger partial charge in [-0.2, -0.15) is 0 Å². The minimum Gasteiger partial charge on any atom is -0.456 e. The average molecular weight is 652 g/mol. The lowest BCUT2D eigenvalue weighted by Gasteiger charge is -2.14. The fourth-order valence-corrected chi connectivity index (χ4v) is 7.17. The highest BCUT2D eigenvalue weighted by atomic mass is 16.3. The Hall–Kier alpha value is -6.91. The molecule has 0 aliphatic carbocycles. The third-order valence-corrected chi connectivity index (χ3v) is 9.70. The molecule has 0 fully saturated rings. The Morgan fingerprint density at radius 2 is 1.10 bits per heavy atom. The molecule has 0 aliphatic rings. The topological polar surface area (TPSA) is 51.8 Å². The van der Waals surface area contributed by atoms with Gasteiger partial charge in [0, 0.05) is 39.0 Å². The first-order valence-electron chi connectivity index (χ1n) is 17.1. The molecule has 10 aromatic rings. The Morgan fingerprint density at radius 3 is 2.02 bits per heavy atom. The van der Waals surface area contributed by atoms with E-state index in [1.165, 1.54) is 10.8 Å². The molecule has 0 amide bonds. The fraction of sp³-hybridized carbons (Fsp3) is 0. The van der Waals surface area contributed by atoms with Crippen molar-refractivity contribution in [1.82, 2.24) is 15.0 Å². The van der Waals surface area contributed by atoms with E-state index in [9.17, 15) is 0 Å². The van der Waals surface area contributed by atoms with Gasteiger partial charge in [0.05, 0.1) is 16.9 Å². The van der Waals surface area contributed by atoms with E-state index in [2.05, 4.69) is 132 Å². The summed E-state index contributed by atoms with van der Waals surface area (Å²) in [7, 11) is 0. The van der Waals surface area contributed by atoms with Gasteiger partial charge in [0.1, 0.15) is 11.2 Å². The molecular formula is C47H29N3O. The van der Waals surface area contributed by atoms with Gasteiger partial charge in [-0.05, 0) is 93.7 Å². The average Bonchev–Trinajstić information content (AvgIpc) is 3.58. The van der Waals surface area contributed by atoms with Crippen molar-refractivity contribution in [2.45, 2.75) is 0 Å². The molecule has 10 rings (SSSR count). The lowest BCUT2D eigenvalue weighted by Crippen LogP contribution is -1.96. The van der Waals surface area contributed by atoms with E-state index < -0.39 is 0 Å². The molecule has 238 valence electrons. The summed E-state index contributed by atoms with van der Waals surface area (Å²) in [5.41, 5.74) is 11.7. The maximum absolute atomic E-state index is 6.29. The molecule has 0 N–H and O–H groups in total. The third kappa shape index (κ3) is 5.22. The highest BCUT2D eigenvalue weighted by molar-refractivity contribution is 6.06. The summed E-state index contributed by atoms with van der Waals surface area (Å²) in [5.74, 6) is 0.667. The van der Waals surface area contributed by atoms with Gasteiger partial charge >= 0.3 is 0 Å². The van der Waals surface area contributed by atoms with Gasteiger partial charge in [-0.25, -0.2) is 9.97 Å². The van der Waals surface area contributed by atoms with E-state index in [0.29, 0.717) is 5.82 Å². The van der Waals surface area contributed by atoms with Gasteiger partial charge in [-0.15, -0.1) is 0 Å². The number of benzene rings is 7. The Labute approximate surface area is 294 Å². The Morgan fingerprint density at radius 1 is 0.373 bits per heavy atom. The molecule has 4 heteroatoms. The van der Waals surface area contributed by atoms with Crippen molar-refractivity contribution < 1.29 is 4.42 Å². The number of aromatic nitrogens is 3. The summed E-state index contributed by atoms with van der Waals surface area (Å²) in [6.45, 7) is 0. The maximum atomic E-state index is 6.29. The van der Waals surface area contributed by atoms with Crippen LogP contribution in [0.25, 0.3) is 99.8 Å². The minimum absolute atomic E-state index is 0.667. The summed E-state index contributed by atoms with van der Waals surface area (Å²) in [6.07, 6.45) is 1.85. The highest BCUT2D eigenvalue weighted by Gasteiger charge is 2.16. The van der Waals surface area contributed by atoms with Crippen molar-refractivity contribution in [2.24, 2.45) is 0 Å². The number of fused-ring (bicyclic) bond motifs is 5. The van der Waals surface area contributed by atoms with Gasteiger partial charge in [0.2, 0.25) is 0 Å². The minimum atomic E-state index is 0.667. The van der Waals surface area contributed by atoms with Crippen LogP contribution >= 0.6 is 0 Å². The number of hydrogen-bond donors (Lipinski definition) is 0. The van der Waals surface area contributed by atoms with Crippen molar-refractivity contribution >= 4 is 43.6 Å². The van der Waals surface area contributed by atoms with Gasteiger partial charge in [0.15, 0.2) is 5.82 Å². The number of rotatable bonds is 5. The van der Waals surface area contributed by atoms with Gasteiger partial charge in [-0.1, -0.05) is 109 Å². The molecule has 7 aromatic carbocycles. The molecule has 0 aliphatic heterocycles. The fourth-order valence-electron chi connectivity index (χ4n) is 7.17. The smallest absolute Gasteiger partial charge is 0.160 e. The van der Waals surface area contributed by atoms with Crippen LogP contribution in [0, 0.1) is 0 Å². The van der Waals surface area contributed by atoms with Crippen LogP contribution in [0.3, 0.4) is 0 Å². The van der Waals surface area contributed by atoms with Crippen LogP contribution in [0.1, 0.15) is 0 Å². The maximum Gasteiger partial charge on any atom is 0.160 e. The summed E-state index contributed by atoms with van der Waals surface area (Å²) < 4.78 is 6.29. The van der Waals surface area contributed by atoms with Crippen LogP contribution in [0.5, 0.6) is 0 Å². The number of para-hydroxylation sites is 1. The van der Waals surface area contributed by atoms with Crippen LogP contribution in [-0.2, 0) is 0 Å². The molecule has 0 unspecified atom stereocenters. The quantitative estimate of drug-likeness (QED) is 0.186. The number of hydrogen-bond acceptors (Lipinski definition) is 4. The summed E-state index contributed by atoms with van der Waals surface area (Å²) in [5, 5.41) is 5.72. The molecule has 0 spiro atoms. The first-order valence-corrected chi connectivity index (χ1v) is 17.1. The zero-order chi connectivity index (χ0) is 33.7. The molecule has 0 saturated heterocycles. The van der Waals surface area contributed by atoms with E-state index in [-0.39, 0.29) is 0 Å². The normalized spacial score (nSPS) is 11.5. The van der Waals surface area contributed by atoms with E-state index in [0.717, 1.165) is 83.2 Å². The van der Waals surface area contributed by atoms with E-state index in [1.54, 1.807) is 0 Å². The zero-order valence-electron chi connectivity index (χ0n) is 27.5. The number of nitrogens with zero attached hydrogens (tertiary/aromatic N) is 3. The number of furan rings is 1. The van der Waals surface area contributed by atoms with Crippen molar-refractivity contribution in [1.29, 1.82) is 0 Å². The van der Waals surface area contributed by atoms with Crippen molar-refractivity contribution in [3.8, 4) is 56.2 Å². The highest BCUT2D eigenvalue weighted by Crippen LogP contribution is 2.38. The Balaban J connectivity index is 1.21. The molecule has 3 aromatic heterocycles. The molecule has 51 heavy (non-hydrogen) atoms. The summed E-state index contributed by atoms with van der Waals surface area (Å²) in [6, 6.07) is 59.2. The van der Waals surface area contributed by atoms with Gasteiger partial charge in [-0.3, -0.25) is 4.98 Å². The third-order valence-electron chi connectivity index (χ3n) is 9.70. The second kappa shape index (κ2) is 11.9. The molecule has 0 saturated carbocycles. The van der Waals surface area contributed by atoms with Crippen molar-refractivity contribution in [3.05, 3.63) is 176 Å². The standard InChI is InChI=1S/C47H29N3O/c1-2-11-31(12-3-1)47-49-43(34-21-22-41-40-14-6-7-18-45(40)51-46(41)28-34)29-44(50-47)37-26-35(33-20-19-30-10-4-5-13-32(30)24-33)25-36(27-37)38-15-8-17-42-39(38)16-9-23-48-42/h1-29H. The molecule has 3 heterocycles. The van der Waals surface area contributed by atoms with E-state index >= 15 is 0 Å². The molecule has 4 nitrogen and oxygen atoms in total.